The van der Waals surface area contributed by atoms with Crippen LogP contribution in [0.15, 0.2) is 11.6 Å². The zero-order valence-corrected chi connectivity index (χ0v) is 21.4. The first-order valence-corrected chi connectivity index (χ1v) is 13.3. The monoisotopic (exact) mass is 494 g/mol. The zero-order valence-electron chi connectivity index (χ0n) is 19.8. The number of carbonyl (C=O) groups excluding carboxylic acids is 2. The van der Waals surface area contributed by atoms with Gasteiger partial charge >= 0.3 is 11.9 Å². The summed E-state index contributed by atoms with van der Waals surface area (Å²) in [6.07, 6.45) is 9.66. The number of halogens is 1. The minimum absolute atomic E-state index is 0.147. The van der Waals surface area contributed by atoms with Crippen LogP contribution in [0.2, 0.25) is 0 Å². The fourth-order valence-corrected chi connectivity index (χ4v) is 8.89. The summed E-state index contributed by atoms with van der Waals surface area (Å²) in [5.41, 5.74) is 1.62. The van der Waals surface area contributed by atoms with Crippen LogP contribution in [0.4, 0.5) is 0 Å². The Bertz CT molecular complexity index is 763. The molecule has 0 aromatic heterocycles. The van der Waals surface area contributed by atoms with Gasteiger partial charge in [0.25, 0.3) is 0 Å². The van der Waals surface area contributed by atoms with Crippen LogP contribution in [-0.4, -0.2) is 29.5 Å². The summed E-state index contributed by atoms with van der Waals surface area (Å²) in [5, 5.41) is 1.09. The number of esters is 2. The van der Waals surface area contributed by atoms with Crippen molar-refractivity contribution in [1.29, 1.82) is 0 Å². The summed E-state index contributed by atoms with van der Waals surface area (Å²) in [6, 6.07) is 0. The highest BCUT2D eigenvalue weighted by molar-refractivity contribution is 9.09. The smallest absolute Gasteiger partial charge is 0.302 e. The Hall–Kier alpha value is -0.840. The van der Waals surface area contributed by atoms with Crippen LogP contribution in [0.1, 0.15) is 79.6 Å². The van der Waals surface area contributed by atoms with Gasteiger partial charge in [-0.2, -0.15) is 0 Å². The van der Waals surface area contributed by atoms with Gasteiger partial charge in [0.2, 0.25) is 0 Å². The van der Waals surface area contributed by atoms with Crippen molar-refractivity contribution in [2.45, 2.75) is 91.8 Å². The van der Waals surface area contributed by atoms with E-state index in [4.69, 9.17) is 9.47 Å². The Morgan fingerprint density at radius 1 is 1.13 bits per heavy atom. The Morgan fingerprint density at radius 2 is 1.84 bits per heavy atom. The molecule has 3 fully saturated rings. The third-order valence-electron chi connectivity index (χ3n) is 9.77. The van der Waals surface area contributed by atoms with Crippen LogP contribution in [0.25, 0.3) is 0 Å². The number of allylic oxidation sites excluding steroid dienone is 1. The topological polar surface area (TPSA) is 52.6 Å². The molecule has 0 N–H and O–H groups in total. The number of carbonyl (C=O) groups is 2. The van der Waals surface area contributed by atoms with Crippen molar-refractivity contribution in [3.63, 3.8) is 0 Å². The van der Waals surface area contributed by atoms with Gasteiger partial charge in [0.15, 0.2) is 0 Å². The molecule has 0 bridgehead atoms. The fourth-order valence-electron chi connectivity index (χ4n) is 8.44. The lowest BCUT2D eigenvalue weighted by atomic mass is 9.46. The summed E-state index contributed by atoms with van der Waals surface area (Å²) < 4.78 is 11.6. The molecule has 5 heteroatoms. The molecule has 0 spiro atoms. The molecule has 9 atom stereocenters. The SMILES string of the molecule is CC(=O)OC1CC2=CC[C@H]3[C@@H]4CC[C@H]([C@H](C)CBr)[C@@]4(C)CC[C@@H]3[C@@]2(C)C(OC(C)=O)C1. The standard InChI is InChI=1S/C26H39BrO4/c1-15(14-27)21-8-9-22-20-7-6-18-12-19(30-16(2)28)13-24(31-17(3)29)26(18,5)23(20)10-11-25(21,22)4/h6,15,19-24H,7-14H2,1-5H3/t15-,19?,20+,21-,22+,23+,24?,25-,26+/m1/s1. The molecule has 31 heavy (non-hydrogen) atoms. The highest BCUT2D eigenvalue weighted by atomic mass is 79.9. The molecule has 3 saturated carbocycles. The van der Waals surface area contributed by atoms with E-state index in [1.54, 1.807) is 0 Å². The lowest BCUT2D eigenvalue weighted by Gasteiger charge is -2.60. The maximum Gasteiger partial charge on any atom is 0.302 e. The van der Waals surface area contributed by atoms with Crippen molar-refractivity contribution in [2.24, 2.45) is 40.4 Å². The minimum atomic E-state index is -0.254. The van der Waals surface area contributed by atoms with Crippen molar-refractivity contribution in [3.05, 3.63) is 11.6 Å². The van der Waals surface area contributed by atoms with E-state index in [1.165, 1.54) is 45.1 Å². The molecule has 174 valence electrons. The van der Waals surface area contributed by atoms with E-state index in [2.05, 4.69) is 42.8 Å². The van der Waals surface area contributed by atoms with Crippen molar-refractivity contribution in [2.75, 3.05) is 5.33 Å². The minimum Gasteiger partial charge on any atom is -0.462 e. The van der Waals surface area contributed by atoms with Crippen molar-refractivity contribution in [1.82, 2.24) is 0 Å². The Kier molecular flexibility index (Phi) is 6.39. The van der Waals surface area contributed by atoms with Crippen molar-refractivity contribution < 1.29 is 19.1 Å². The van der Waals surface area contributed by atoms with Crippen molar-refractivity contribution in [3.8, 4) is 0 Å². The van der Waals surface area contributed by atoms with E-state index < -0.39 is 0 Å². The van der Waals surface area contributed by atoms with Crippen LogP contribution in [0, 0.1) is 40.4 Å². The molecule has 4 aliphatic carbocycles. The number of fused-ring (bicyclic) bond motifs is 5. The molecule has 0 aromatic carbocycles. The predicted octanol–water partition coefficient (Wildman–Crippen LogP) is 6.07. The molecule has 4 rings (SSSR count). The van der Waals surface area contributed by atoms with Gasteiger partial charge in [-0.25, -0.2) is 0 Å². The van der Waals surface area contributed by atoms with E-state index in [1.807, 2.05) is 0 Å². The molecule has 0 amide bonds. The van der Waals surface area contributed by atoms with Crippen LogP contribution in [0.5, 0.6) is 0 Å². The second-order valence-corrected chi connectivity index (χ2v) is 11.9. The molecule has 4 nitrogen and oxygen atoms in total. The molecule has 0 radical (unpaired) electrons. The maximum atomic E-state index is 12.0. The highest BCUT2D eigenvalue weighted by Gasteiger charge is 2.62. The summed E-state index contributed by atoms with van der Waals surface area (Å²) in [5.74, 6) is 2.95. The average molecular weight is 495 g/mol. The second-order valence-electron chi connectivity index (χ2n) is 11.3. The number of alkyl halides is 1. The zero-order chi connectivity index (χ0) is 22.6. The summed E-state index contributed by atoms with van der Waals surface area (Å²) in [6.45, 7) is 10.3. The van der Waals surface area contributed by atoms with E-state index in [-0.39, 0.29) is 29.6 Å². The summed E-state index contributed by atoms with van der Waals surface area (Å²) in [7, 11) is 0. The van der Waals surface area contributed by atoms with Gasteiger partial charge in [0.05, 0.1) is 0 Å². The van der Waals surface area contributed by atoms with Gasteiger partial charge in [-0.3, -0.25) is 9.59 Å². The molecule has 4 aliphatic rings. The molecule has 2 unspecified atom stereocenters. The van der Waals surface area contributed by atoms with Gasteiger partial charge in [-0.05, 0) is 67.1 Å². The number of hydrogen-bond donors (Lipinski definition) is 0. The van der Waals surface area contributed by atoms with Crippen LogP contribution < -0.4 is 0 Å². The van der Waals surface area contributed by atoms with Gasteiger partial charge in [0.1, 0.15) is 12.2 Å². The van der Waals surface area contributed by atoms with E-state index >= 15 is 0 Å². The molecule has 0 aliphatic heterocycles. The number of ether oxygens (including phenoxy) is 2. The average Bonchev–Trinajstić information content (AvgIpc) is 3.04. The first-order chi connectivity index (χ1) is 14.6. The lowest BCUT2D eigenvalue weighted by Crippen LogP contribution is -2.57. The first kappa shape index (κ1) is 23.3. The van der Waals surface area contributed by atoms with Crippen LogP contribution in [0.3, 0.4) is 0 Å². The summed E-state index contributed by atoms with van der Waals surface area (Å²) in [4.78, 5) is 23.7. The van der Waals surface area contributed by atoms with Gasteiger partial charge in [0, 0.05) is 37.4 Å². The Balaban J connectivity index is 1.66. The third-order valence-corrected chi connectivity index (χ3v) is 10.8. The second kappa shape index (κ2) is 8.50. The molecule has 0 heterocycles. The predicted molar refractivity (Wildman–Crippen MR) is 125 cm³/mol. The molecular formula is C26H39BrO4. The highest BCUT2D eigenvalue weighted by Crippen LogP contribution is 2.67. The number of rotatable bonds is 4. The fraction of sp³-hybridized carbons (Fsp3) is 0.846. The Labute approximate surface area is 196 Å². The quantitative estimate of drug-likeness (QED) is 0.270. The van der Waals surface area contributed by atoms with Gasteiger partial charge < -0.3 is 9.47 Å². The van der Waals surface area contributed by atoms with Crippen LogP contribution >= 0.6 is 15.9 Å². The lowest BCUT2D eigenvalue weighted by molar-refractivity contribution is -0.172. The van der Waals surface area contributed by atoms with E-state index in [0.29, 0.717) is 29.6 Å². The normalized spacial score (nSPS) is 44.9. The maximum absolute atomic E-state index is 12.0. The number of hydrogen-bond acceptors (Lipinski definition) is 4. The molecular weight excluding hydrogens is 456 g/mol. The van der Waals surface area contributed by atoms with Crippen molar-refractivity contribution >= 4 is 27.9 Å². The van der Waals surface area contributed by atoms with Crippen LogP contribution in [-0.2, 0) is 19.1 Å². The van der Waals surface area contributed by atoms with Gasteiger partial charge in [-0.15, -0.1) is 0 Å². The largest absolute Gasteiger partial charge is 0.462 e. The third kappa shape index (κ3) is 3.81. The van der Waals surface area contributed by atoms with Gasteiger partial charge in [-0.1, -0.05) is 48.4 Å². The Morgan fingerprint density at radius 3 is 2.48 bits per heavy atom. The first-order valence-electron chi connectivity index (χ1n) is 12.2. The molecule has 0 aromatic rings. The summed E-state index contributed by atoms with van der Waals surface area (Å²) >= 11 is 3.75. The molecule has 0 saturated heterocycles. The van der Waals surface area contributed by atoms with E-state index in [0.717, 1.165) is 30.0 Å². The van der Waals surface area contributed by atoms with E-state index in [9.17, 15) is 9.59 Å².